The van der Waals surface area contributed by atoms with E-state index in [2.05, 4.69) is 32.1 Å². The molecule has 0 aromatic carbocycles. The average Bonchev–Trinajstić information content (AvgIpc) is 2.40. The van der Waals surface area contributed by atoms with Gasteiger partial charge in [-0.25, -0.2) is 0 Å². The summed E-state index contributed by atoms with van der Waals surface area (Å²) in [5.41, 5.74) is 8.11. The van der Waals surface area contributed by atoms with Gasteiger partial charge in [-0.1, -0.05) is 63.8 Å². The summed E-state index contributed by atoms with van der Waals surface area (Å²) in [5.74, 6) is 0. The first-order chi connectivity index (χ1) is 8.24. The highest BCUT2D eigenvalue weighted by atomic mass is 14.5. The molecule has 1 nitrogen and oxygen atoms in total. The number of hydrogen-bond donors (Lipinski definition) is 1. The summed E-state index contributed by atoms with van der Waals surface area (Å²) >= 11 is 0. The van der Waals surface area contributed by atoms with E-state index >= 15 is 0 Å². The molecule has 0 amide bonds. The van der Waals surface area contributed by atoms with Gasteiger partial charge in [-0.3, -0.25) is 0 Å². The van der Waals surface area contributed by atoms with Crippen LogP contribution < -0.4 is 5.73 Å². The number of nitrogens with two attached hydrogens (primary N) is 1. The lowest BCUT2D eigenvalue weighted by atomic mass is 10.1. The smallest absolute Gasteiger partial charge is 0.00297 e. The van der Waals surface area contributed by atoms with E-state index in [1.54, 1.807) is 6.20 Å². The van der Waals surface area contributed by atoms with E-state index < -0.39 is 0 Å². The van der Waals surface area contributed by atoms with Crippen molar-refractivity contribution in [1.82, 2.24) is 0 Å². The fourth-order valence-electron chi connectivity index (χ4n) is 1.31. The standard InChI is InChI=1S/C14H25N.C2H6/c1-4-6-7-8-9-14(12-15)11-10-13(3)5-2;1-2/h5,10-12H,4,6-9,15H2,1-3H3;1-2H3/b11-10-,13-5-,14-12+;. The van der Waals surface area contributed by atoms with Gasteiger partial charge >= 0.3 is 0 Å². The monoisotopic (exact) mass is 237 g/mol. The van der Waals surface area contributed by atoms with Crippen molar-refractivity contribution in [2.45, 2.75) is 66.7 Å². The molecule has 0 bridgehead atoms. The molecule has 0 fully saturated rings. The zero-order valence-corrected chi connectivity index (χ0v) is 12.4. The van der Waals surface area contributed by atoms with E-state index in [-0.39, 0.29) is 0 Å². The molecule has 0 saturated heterocycles. The second kappa shape index (κ2) is 15.0. The van der Waals surface area contributed by atoms with E-state index in [9.17, 15) is 0 Å². The third-order valence-electron chi connectivity index (χ3n) is 2.55. The average molecular weight is 237 g/mol. The minimum absolute atomic E-state index is 1.10. The number of unbranched alkanes of at least 4 members (excludes halogenated alkanes) is 3. The summed E-state index contributed by atoms with van der Waals surface area (Å²) < 4.78 is 0. The largest absolute Gasteiger partial charge is 0.404 e. The van der Waals surface area contributed by atoms with Gasteiger partial charge in [0, 0.05) is 0 Å². The second-order valence-electron chi connectivity index (χ2n) is 3.92. The summed E-state index contributed by atoms with van der Waals surface area (Å²) in [4.78, 5) is 0. The maximum atomic E-state index is 5.58. The van der Waals surface area contributed by atoms with Crippen LogP contribution in [0.1, 0.15) is 66.7 Å². The lowest BCUT2D eigenvalue weighted by Gasteiger charge is -2.01. The van der Waals surface area contributed by atoms with Gasteiger partial charge in [-0.05, 0) is 38.5 Å². The summed E-state index contributed by atoms with van der Waals surface area (Å²) in [5, 5.41) is 0. The van der Waals surface area contributed by atoms with Crippen LogP contribution in [-0.2, 0) is 0 Å². The molecule has 0 atom stereocenters. The van der Waals surface area contributed by atoms with Crippen LogP contribution in [0.2, 0.25) is 0 Å². The first kappa shape index (κ1) is 18.4. The van der Waals surface area contributed by atoms with Gasteiger partial charge in [0.05, 0.1) is 0 Å². The number of allylic oxidation sites excluding steroid dienone is 5. The highest BCUT2D eigenvalue weighted by Gasteiger charge is 1.92. The lowest BCUT2D eigenvalue weighted by Crippen LogP contribution is -1.87. The fraction of sp³-hybridized carbons (Fsp3) is 0.625. The van der Waals surface area contributed by atoms with Crippen molar-refractivity contribution in [3.63, 3.8) is 0 Å². The van der Waals surface area contributed by atoms with Crippen molar-refractivity contribution in [1.29, 1.82) is 0 Å². The van der Waals surface area contributed by atoms with Gasteiger partial charge in [0.15, 0.2) is 0 Å². The lowest BCUT2D eigenvalue weighted by molar-refractivity contribution is 0.667. The third-order valence-corrected chi connectivity index (χ3v) is 2.55. The molecular formula is C16H31N. The van der Waals surface area contributed by atoms with Crippen LogP contribution in [0, 0.1) is 0 Å². The fourth-order valence-corrected chi connectivity index (χ4v) is 1.31. The van der Waals surface area contributed by atoms with E-state index in [1.165, 1.54) is 36.8 Å². The summed E-state index contributed by atoms with van der Waals surface area (Å²) in [6, 6.07) is 0. The SMILES string of the molecule is CC.C\C=C(C)/C=C\C(=C\N)CCCCCC. The van der Waals surface area contributed by atoms with Crippen molar-refractivity contribution in [3.05, 3.63) is 35.6 Å². The predicted molar refractivity (Wildman–Crippen MR) is 80.9 cm³/mol. The summed E-state index contributed by atoms with van der Waals surface area (Å²) in [6.45, 7) is 10.4. The van der Waals surface area contributed by atoms with Crippen LogP contribution >= 0.6 is 0 Å². The second-order valence-corrected chi connectivity index (χ2v) is 3.92. The Morgan fingerprint density at radius 2 is 1.71 bits per heavy atom. The van der Waals surface area contributed by atoms with E-state index in [1.807, 2.05) is 20.8 Å². The Labute approximate surface area is 108 Å². The molecule has 0 unspecified atom stereocenters. The Morgan fingerprint density at radius 1 is 1.06 bits per heavy atom. The van der Waals surface area contributed by atoms with Crippen LogP contribution in [0.4, 0.5) is 0 Å². The van der Waals surface area contributed by atoms with Crippen LogP contribution in [0.15, 0.2) is 35.6 Å². The van der Waals surface area contributed by atoms with Crippen LogP contribution in [-0.4, -0.2) is 0 Å². The molecule has 0 aliphatic rings. The number of hydrogen-bond acceptors (Lipinski definition) is 1. The van der Waals surface area contributed by atoms with E-state index in [0.29, 0.717) is 0 Å². The Bertz CT molecular complexity index is 234. The van der Waals surface area contributed by atoms with Gasteiger partial charge in [0.1, 0.15) is 0 Å². The topological polar surface area (TPSA) is 26.0 Å². The maximum Gasteiger partial charge on any atom is -0.00297 e. The minimum Gasteiger partial charge on any atom is -0.404 e. The summed E-state index contributed by atoms with van der Waals surface area (Å²) in [6.07, 6.45) is 14.3. The van der Waals surface area contributed by atoms with Crippen LogP contribution in [0.3, 0.4) is 0 Å². The Morgan fingerprint density at radius 3 is 2.18 bits per heavy atom. The van der Waals surface area contributed by atoms with Crippen molar-refractivity contribution in [2.75, 3.05) is 0 Å². The molecule has 17 heavy (non-hydrogen) atoms. The molecule has 1 heteroatoms. The van der Waals surface area contributed by atoms with Crippen molar-refractivity contribution in [3.8, 4) is 0 Å². The van der Waals surface area contributed by atoms with Gasteiger partial charge in [0.25, 0.3) is 0 Å². The van der Waals surface area contributed by atoms with Crippen molar-refractivity contribution >= 4 is 0 Å². The summed E-state index contributed by atoms with van der Waals surface area (Å²) in [7, 11) is 0. The minimum atomic E-state index is 1.10. The molecule has 0 spiro atoms. The Hall–Kier alpha value is -0.980. The molecule has 2 N–H and O–H groups in total. The zero-order chi connectivity index (χ0) is 13.5. The molecule has 0 aromatic rings. The highest BCUT2D eigenvalue weighted by Crippen LogP contribution is 2.11. The molecule has 100 valence electrons. The van der Waals surface area contributed by atoms with Gasteiger partial charge in [-0.15, -0.1) is 0 Å². The van der Waals surface area contributed by atoms with E-state index in [0.717, 1.165) is 6.42 Å². The maximum absolute atomic E-state index is 5.58. The molecule has 0 saturated carbocycles. The molecule has 0 aromatic heterocycles. The third kappa shape index (κ3) is 13.0. The predicted octanol–water partition coefficient (Wildman–Crippen LogP) is 5.35. The van der Waals surface area contributed by atoms with Gasteiger partial charge in [-0.2, -0.15) is 0 Å². The molecule has 0 aliphatic heterocycles. The zero-order valence-electron chi connectivity index (χ0n) is 12.4. The molecule has 0 heterocycles. The van der Waals surface area contributed by atoms with Gasteiger partial charge in [0.2, 0.25) is 0 Å². The van der Waals surface area contributed by atoms with Gasteiger partial charge < -0.3 is 5.73 Å². The van der Waals surface area contributed by atoms with Crippen molar-refractivity contribution < 1.29 is 0 Å². The van der Waals surface area contributed by atoms with Crippen LogP contribution in [0.25, 0.3) is 0 Å². The first-order valence-electron chi connectivity index (χ1n) is 6.96. The Balaban J connectivity index is 0. The highest BCUT2D eigenvalue weighted by molar-refractivity contribution is 5.25. The first-order valence-corrected chi connectivity index (χ1v) is 6.96. The van der Waals surface area contributed by atoms with Crippen LogP contribution in [0.5, 0.6) is 0 Å². The molecule has 0 aliphatic carbocycles. The number of rotatable bonds is 7. The molecular weight excluding hydrogens is 206 g/mol. The van der Waals surface area contributed by atoms with E-state index in [4.69, 9.17) is 5.73 Å². The molecule has 0 rings (SSSR count). The van der Waals surface area contributed by atoms with Crippen molar-refractivity contribution in [2.24, 2.45) is 5.73 Å². The quantitative estimate of drug-likeness (QED) is 0.469. The Kier molecular flexibility index (Phi) is 16.2. The molecule has 0 radical (unpaired) electrons. The normalized spacial score (nSPS) is 12.5.